The van der Waals surface area contributed by atoms with Gasteiger partial charge in [0.15, 0.2) is 5.13 Å². The maximum atomic E-state index is 12.8. The van der Waals surface area contributed by atoms with E-state index in [1.54, 1.807) is 22.9 Å². The van der Waals surface area contributed by atoms with Gasteiger partial charge in [-0.25, -0.2) is 9.97 Å². The van der Waals surface area contributed by atoms with Crippen molar-refractivity contribution in [3.63, 3.8) is 0 Å². The van der Waals surface area contributed by atoms with Crippen LogP contribution in [0, 0.1) is 6.92 Å². The third kappa shape index (κ3) is 3.17. The molecule has 0 aliphatic carbocycles. The average molecular weight is 403 g/mol. The van der Waals surface area contributed by atoms with Gasteiger partial charge in [0.05, 0.1) is 11.3 Å². The fraction of sp³-hybridized carbons (Fsp3) is 0.143. The molecule has 8 heteroatoms. The molecule has 0 spiro atoms. The van der Waals surface area contributed by atoms with Crippen LogP contribution in [0.3, 0.4) is 0 Å². The number of rotatable bonds is 3. The van der Waals surface area contributed by atoms with E-state index in [0.717, 1.165) is 33.8 Å². The third-order valence-corrected chi connectivity index (χ3v) is 5.84. The van der Waals surface area contributed by atoms with Gasteiger partial charge in [-0.15, -0.1) is 11.3 Å². The lowest BCUT2D eigenvalue weighted by molar-refractivity contribution is -0.116. The van der Waals surface area contributed by atoms with Crippen LogP contribution in [0.25, 0.3) is 16.9 Å². The molecule has 0 saturated heterocycles. The molecule has 7 nitrogen and oxygen atoms in total. The van der Waals surface area contributed by atoms with Crippen LogP contribution in [-0.2, 0) is 11.2 Å². The Morgan fingerprint density at radius 2 is 2.14 bits per heavy atom. The molecule has 0 radical (unpaired) electrons. The molecular formula is C21H17N5O2S. The van der Waals surface area contributed by atoms with E-state index < -0.39 is 0 Å². The summed E-state index contributed by atoms with van der Waals surface area (Å²) >= 11 is 1.44. The van der Waals surface area contributed by atoms with E-state index in [1.165, 1.54) is 11.3 Å². The van der Waals surface area contributed by atoms with Crippen molar-refractivity contribution in [3.8, 4) is 11.3 Å². The van der Waals surface area contributed by atoms with Gasteiger partial charge in [-0.05, 0) is 43.2 Å². The number of hydrogen-bond acceptors (Lipinski definition) is 5. The van der Waals surface area contributed by atoms with E-state index in [1.807, 2.05) is 31.3 Å². The zero-order chi connectivity index (χ0) is 20.0. The van der Waals surface area contributed by atoms with Crippen LogP contribution < -0.4 is 10.6 Å². The summed E-state index contributed by atoms with van der Waals surface area (Å²) < 4.78 is 1.80. The molecule has 4 aromatic rings. The summed E-state index contributed by atoms with van der Waals surface area (Å²) in [6.45, 7) is 1.99. The van der Waals surface area contributed by atoms with Crippen molar-refractivity contribution >= 4 is 39.6 Å². The number of benzene rings is 1. The summed E-state index contributed by atoms with van der Waals surface area (Å²) in [5, 5.41) is 6.33. The molecule has 0 bridgehead atoms. The predicted molar refractivity (Wildman–Crippen MR) is 112 cm³/mol. The van der Waals surface area contributed by atoms with E-state index in [9.17, 15) is 9.59 Å². The van der Waals surface area contributed by atoms with Crippen LogP contribution in [0.4, 0.5) is 10.8 Å². The molecule has 29 heavy (non-hydrogen) atoms. The van der Waals surface area contributed by atoms with Crippen molar-refractivity contribution in [1.29, 1.82) is 0 Å². The van der Waals surface area contributed by atoms with Gasteiger partial charge in [0.2, 0.25) is 5.91 Å². The minimum Gasteiger partial charge on any atom is -0.326 e. The number of thiazole rings is 1. The first-order valence-electron chi connectivity index (χ1n) is 9.22. The Labute approximate surface area is 170 Å². The first kappa shape index (κ1) is 17.6. The number of aryl methyl sites for hydroxylation is 2. The zero-order valence-electron chi connectivity index (χ0n) is 15.6. The molecule has 0 unspecified atom stereocenters. The van der Waals surface area contributed by atoms with E-state index in [2.05, 4.69) is 26.7 Å². The number of aromatic nitrogens is 3. The number of nitrogens with one attached hydrogen (secondary N) is 2. The van der Waals surface area contributed by atoms with Crippen LogP contribution in [-0.4, -0.2) is 26.2 Å². The molecule has 3 aromatic heterocycles. The number of pyridine rings is 1. The fourth-order valence-corrected chi connectivity index (χ4v) is 4.37. The van der Waals surface area contributed by atoms with Crippen molar-refractivity contribution in [2.45, 2.75) is 19.8 Å². The molecule has 5 rings (SSSR count). The Morgan fingerprint density at radius 1 is 1.24 bits per heavy atom. The Bertz CT molecular complexity index is 1270. The second-order valence-corrected chi connectivity index (χ2v) is 8.08. The van der Waals surface area contributed by atoms with Gasteiger partial charge < -0.3 is 9.72 Å². The highest BCUT2D eigenvalue weighted by Gasteiger charge is 2.19. The van der Waals surface area contributed by atoms with E-state index in [-0.39, 0.29) is 11.8 Å². The summed E-state index contributed by atoms with van der Waals surface area (Å²) in [6.07, 6.45) is 6.53. The maximum Gasteiger partial charge on any atom is 0.261 e. The lowest BCUT2D eigenvalue weighted by atomic mass is 9.99. The Morgan fingerprint density at radius 3 is 3.03 bits per heavy atom. The Kier molecular flexibility index (Phi) is 4.13. The van der Waals surface area contributed by atoms with Gasteiger partial charge in [-0.2, -0.15) is 0 Å². The first-order chi connectivity index (χ1) is 14.1. The molecule has 0 fully saturated rings. The highest BCUT2D eigenvalue weighted by molar-refractivity contribution is 7.16. The molecular weight excluding hydrogens is 386 g/mol. The zero-order valence-corrected chi connectivity index (χ0v) is 16.4. The van der Waals surface area contributed by atoms with Crippen molar-refractivity contribution in [1.82, 2.24) is 14.4 Å². The number of hydrogen-bond donors (Lipinski definition) is 2. The molecule has 144 valence electrons. The van der Waals surface area contributed by atoms with Gasteiger partial charge in [0.1, 0.15) is 5.65 Å². The Balaban J connectivity index is 1.43. The maximum absolute atomic E-state index is 12.8. The number of carbonyl (C=O) groups excluding carboxylic acids is 2. The second kappa shape index (κ2) is 6.82. The summed E-state index contributed by atoms with van der Waals surface area (Å²) in [4.78, 5) is 34.2. The van der Waals surface area contributed by atoms with Crippen molar-refractivity contribution in [2.24, 2.45) is 0 Å². The number of imidazole rings is 1. The average Bonchev–Trinajstić information content (AvgIpc) is 3.33. The fourth-order valence-electron chi connectivity index (χ4n) is 3.54. The van der Waals surface area contributed by atoms with Gasteiger partial charge in [0, 0.05) is 41.1 Å². The Hall–Kier alpha value is -3.52. The summed E-state index contributed by atoms with van der Waals surface area (Å²) in [5.74, 6) is -0.192. The minimum absolute atomic E-state index is 0.0487. The van der Waals surface area contributed by atoms with Crippen LogP contribution >= 0.6 is 11.3 Å². The molecule has 0 saturated carbocycles. The van der Waals surface area contributed by atoms with Crippen LogP contribution in [0.1, 0.15) is 27.2 Å². The van der Waals surface area contributed by atoms with Crippen LogP contribution in [0.15, 0.2) is 48.9 Å². The minimum atomic E-state index is -0.241. The lowest BCUT2D eigenvalue weighted by Crippen LogP contribution is -2.18. The third-order valence-electron chi connectivity index (χ3n) is 4.95. The molecule has 1 aliphatic heterocycles. The summed E-state index contributed by atoms with van der Waals surface area (Å²) in [5.41, 5.74) is 4.88. The topological polar surface area (TPSA) is 88.4 Å². The second-order valence-electron chi connectivity index (χ2n) is 6.88. The van der Waals surface area contributed by atoms with Crippen LogP contribution in [0.2, 0.25) is 0 Å². The number of nitrogens with zero attached hydrogens (tertiary/aromatic N) is 3. The summed E-state index contributed by atoms with van der Waals surface area (Å²) in [7, 11) is 0. The van der Waals surface area contributed by atoms with Gasteiger partial charge in [0.25, 0.3) is 5.91 Å². The normalized spacial score (nSPS) is 13.2. The quantitative estimate of drug-likeness (QED) is 0.543. The number of carbonyl (C=O) groups is 2. The highest BCUT2D eigenvalue weighted by atomic mass is 32.1. The largest absolute Gasteiger partial charge is 0.326 e. The lowest BCUT2D eigenvalue weighted by Gasteiger charge is -2.17. The molecule has 0 atom stereocenters. The van der Waals surface area contributed by atoms with Gasteiger partial charge in [-0.1, -0.05) is 6.07 Å². The number of anilines is 2. The van der Waals surface area contributed by atoms with E-state index >= 15 is 0 Å². The summed E-state index contributed by atoms with van der Waals surface area (Å²) in [6, 6.07) is 9.49. The standard InChI is InChI=1S/C21H17N5O2S/c1-12-18(14-4-6-16-13(11-14)5-7-17(27)23-16)24-21(29-12)25-20(28)15-3-2-9-26-10-8-22-19(15)26/h2-4,6,8-11H,5,7H2,1H3,(H,23,27)(H,24,25,28). The monoisotopic (exact) mass is 403 g/mol. The number of amides is 2. The van der Waals surface area contributed by atoms with E-state index in [4.69, 9.17) is 0 Å². The first-order valence-corrected chi connectivity index (χ1v) is 10.0. The van der Waals surface area contributed by atoms with Gasteiger partial charge >= 0.3 is 0 Å². The molecule has 4 heterocycles. The van der Waals surface area contributed by atoms with Crippen molar-refractivity contribution < 1.29 is 9.59 Å². The van der Waals surface area contributed by atoms with E-state index in [0.29, 0.717) is 22.8 Å². The highest BCUT2D eigenvalue weighted by Crippen LogP contribution is 2.34. The molecule has 1 aromatic carbocycles. The van der Waals surface area contributed by atoms with Crippen molar-refractivity contribution in [3.05, 3.63) is 64.9 Å². The molecule has 2 N–H and O–H groups in total. The van der Waals surface area contributed by atoms with Crippen LogP contribution in [0.5, 0.6) is 0 Å². The molecule has 1 aliphatic rings. The predicted octanol–water partition coefficient (Wildman–Crippen LogP) is 3.90. The molecule has 2 amide bonds. The van der Waals surface area contributed by atoms with Crippen molar-refractivity contribution in [2.75, 3.05) is 10.6 Å². The number of fused-ring (bicyclic) bond motifs is 2. The smallest absolute Gasteiger partial charge is 0.261 e. The SMILES string of the molecule is Cc1sc(NC(=O)c2cccn3ccnc23)nc1-c1ccc2c(c1)CCC(=O)N2. The van der Waals surface area contributed by atoms with Gasteiger partial charge in [-0.3, -0.25) is 14.9 Å².